The number of anilines is 1. The highest BCUT2D eigenvalue weighted by Gasteiger charge is 2.38. The van der Waals surface area contributed by atoms with E-state index in [1.807, 2.05) is 55.6 Å². The van der Waals surface area contributed by atoms with E-state index in [2.05, 4.69) is 28.7 Å². The van der Waals surface area contributed by atoms with Gasteiger partial charge in [-0.2, -0.15) is 0 Å². The number of nitrogens with zero attached hydrogens (tertiary/aromatic N) is 5. The van der Waals surface area contributed by atoms with Crippen LogP contribution in [0.3, 0.4) is 0 Å². The van der Waals surface area contributed by atoms with E-state index in [1.54, 1.807) is 28.8 Å². The van der Waals surface area contributed by atoms with Gasteiger partial charge in [0.1, 0.15) is 5.75 Å². The Morgan fingerprint density at radius 1 is 1.08 bits per heavy atom. The van der Waals surface area contributed by atoms with E-state index in [0.717, 1.165) is 13.1 Å². The number of pyridine rings is 1. The number of benzene rings is 2. The summed E-state index contributed by atoms with van der Waals surface area (Å²) in [7, 11) is 1.85. The first-order valence-corrected chi connectivity index (χ1v) is 12.9. The average molecular weight is 520 g/mol. The Hall–Kier alpha value is -3.46. The Balaban J connectivity index is 1.74. The smallest absolute Gasteiger partial charge is 0.189 e. The zero-order valence-corrected chi connectivity index (χ0v) is 21.8. The van der Waals surface area contributed by atoms with Crippen LogP contribution in [0.4, 0.5) is 5.82 Å². The number of hydrogen-bond donors (Lipinski definition) is 1. The summed E-state index contributed by atoms with van der Waals surface area (Å²) in [5.74, 6) is 1.83. The predicted octanol–water partition coefficient (Wildman–Crippen LogP) is 6.00. The molecule has 1 unspecified atom stereocenters. The van der Waals surface area contributed by atoms with Gasteiger partial charge in [0.25, 0.3) is 0 Å². The number of ether oxygens (including phenoxy) is 1. The van der Waals surface area contributed by atoms with Gasteiger partial charge in [-0.15, -0.1) is 11.3 Å². The first-order chi connectivity index (χ1) is 17.5. The maximum absolute atomic E-state index is 12.2. The number of hydrogen-bond acceptors (Lipinski definition) is 7. The van der Waals surface area contributed by atoms with Crippen LogP contribution in [0.5, 0.6) is 11.5 Å². The highest BCUT2D eigenvalue weighted by molar-refractivity contribution is 7.09. The Morgan fingerprint density at radius 3 is 2.50 bits per heavy atom. The molecule has 0 aliphatic heterocycles. The number of rotatable bonds is 8. The second kappa shape index (κ2) is 9.89. The molecule has 0 saturated heterocycles. The summed E-state index contributed by atoms with van der Waals surface area (Å²) >= 11 is 8.43. The van der Waals surface area contributed by atoms with Gasteiger partial charge in [0.05, 0.1) is 39.1 Å². The molecule has 184 valence electrons. The summed E-state index contributed by atoms with van der Waals surface area (Å²) in [4.78, 5) is 16.2. The standard InChI is InChI=1S/C27H26ClN5O2S/c1-4-33(5-2)26-25(35-19-9-7-6-8-10-19)24(28)20-13-18(11-12-21(20)31-26)27(34,23-15-30-17-36-23)22-14-29-16-32(22)3/h6-17,34H,4-5H2,1-3H3. The fraction of sp³-hybridized carbons (Fsp3) is 0.222. The molecular weight excluding hydrogens is 494 g/mol. The van der Waals surface area contributed by atoms with Crippen molar-refractivity contribution >= 4 is 39.7 Å². The quantitative estimate of drug-likeness (QED) is 0.271. The molecule has 0 aliphatic rings. The zero-order valence-electron chi connectivity index (χ0n) is 20.2. The van der Waals surface area contributed by atoms with E-state index >= 15 is 0 Å². The lowest BCUT2D eigenvalue weighted by molar-refractivity contribution is 0.121. The van der Waals surface area contributed by atoms with Crippen molar-refractivity contribution < 1.29 is 9.84 Å². The van der Waals surface area contributed by atoms with Crippen LogP contribution >= 0.6 is 22.9 Å². The molecule has 2 aromatic carbocycles. The van der Waals surface area contributed by atoms with Crippen LogP contribution in [0.15, 0.2) is 72.8 Å². The summed E-state index contributed by atoms with van der Waals surface area (Å²) in [5, 5.41) is 13.3. The lowest BCUT2D eigenvalue weighted by Gasteiger charge is -2.28. The monoisotopic (exact) mass is 519 g/mol. The van der Waals surface area contributed by atoms with Crippen LogP contribution in [0.1, 0.15) is 30.0 Å². The molecule has 7 nitrogen and oxygen atoms in total. The van der Waals surface area contributed by atoms with Gasteiger partial charge in [-0.3, -0.25) is 4.98 Å². The van der Waals surface area contributed by atoms with Gasteiger partial charge < -0.3 is 19.3 Å². The van der Waals surface area contributed by atoms with E-state index in [9.17, 15) is 5.11 Å². The third-order valence-corrected chi connectivity index (χ3v) is 7.54. The fourth-order valence-corrected chi connectivity index (χ4v) is 5.40. The van der Waals surface area contributed by atoms with Crippen molar-refractivity contribution in [2.45, 2.75) is 19.4 Å². The van der Waals surface area contributed by atoms with Crippen LogP contribution in [-0.4, -0.2) is 37.7 Å². The Bertz CT molecular complexity index is 1490. The van der Waals surface area contributed by atoms with Crippen molar-refractivity contribution in [2.24, 2.45) is 7.05 Å². The fourth-order valence-electron chi connectivity index (χ4n) is 4.37. The van der Waals surface area contributed by atoms with E-state index < -0.39 is 5.60 Å². The van der Waals surface area contributed by atoms with Crippen molar-refractivity contribution in [2.75, 3.05) is 18.0 Å². The molecule has 5 aromatic rings. The van der Waals surface area contributed by atoms with E-state index in [-0.39, 0.29) is 0 Å². The van der Waals surface area contributed by atoms with Gasteiger partial charge in [-0.1, -0.05) is 35.9 Å². The lowest BCUT2D eigenvalue weighted by Crippen LogP contribution is -2.30. The second-order valence-electron chi connectivity index (χ2n) is 8.36. The highest BCUT2D eigenvalue weighted by Crippen LogP contribution is 2.44. The molecule has 3 aromatic heterocycles. The van der Waals surface area contributed by atoms with Crippen molar-refractivity contribution in [3.8, 4) is 11.5 Å². The van der Waals surface area contributed by atoms with Crippen LogP contribution in [-0.2, 0) is 12.6 Å². The molecular formula is C27H26ClN5O2S. The minimum atomic E-state index is -1.47. The first-order valence-electron chi connectivity index (χ1n) is 11.7. The van der Waals surface area contributed by atoms with Crippen LogP contribution < -0.4 is 9.64 Å². The van der Waals surface area contributed by atoms with Crippen molar-refractivity contribution in [1.29, 1.82) is 0 Å². The highest BCUT2D eigenvalue weighted by atomic mass is 35.5. The van der Waals surface area contributed by atoms with Gasteiger partial charge >= 0.3 is 0 Å². The van der Waals surface area contributed by atoms with Crippen LogP contribution in [0, 0.1) is 0 Å². The molecule has 0 saturated carbocycles. The normalized spacial score (nSPS) is 13.0. The predicted molar refractivity (Wildman–Crippen MR) is 144 cm³/mol. The lowest BCUT2D eigenvalue weighted by atomic mass is 9.88. The average Bonchev–Trinajstić information content (AvgIpc) is 3.60. The molecule has 0 amide bonds. The summed E-state index contributed by atoms with van der Waals surface area (Å²) in [6.45, 7) is 5.64. The third-order valence-electron chi connectivity index (χ3n) is 6.28. The SMILES string of the molecule is CCN(CC)c1nc2ccc(C(O)(c3cncs3)c3cncn3C)cc2c(Cl)c1Oc1ccccc1. The number of para-hydroxylation sites is 1. The molecule has 1 atom stereocenters. The minimum absolute atomic E-state index is 0.435. The molecule has 9 heteroatoms. The maximum atomic E-state index is 12.2. The topological polar surface area (TPSA) is 76.3 Å². The van der Waals surface area contributed by atoms with Gasteiger partial charge in [-0.05, 0) is 43.7 Å². The molecule has 1 N–H and O–H groups in total. The molecule has 0 fully saturated rings. The van der Waals surface area contributed by atoms with Gasteiger partial charge in [0.15, 0.2) is 17.2 Å². The van der Waals surface area contributed by atoms with Gasteiger partial charge in [0.2, 0.25) is 0 Å². The molecule has 0 bridgehead atoms. The minimum Gasteiger partial charge on any atom is -0.452 e. The number of halogens is 1. The van der Waals surface area contributed by atoms with E-state index in [1.165, 1.54) is 11.3 Å². The summed E-state index contributed by atoms with van der Waals surface area (Å²) in [6.07, 6.45) is 5.01. The van der Waals surface area contributed by atoms with Crippen molar-refractivity contribution in [3.63, 3.8) is 0 Å². The van der Waals surface area contributed by atoms with E-state index in [4.69, 9.17) is 21.3 Å². The number of aromatic nitrogens is 4. The summed E-state index contributed by atoms with van der Waals surface area (Å²) < 4.78 is 8.10. The number of aryl methyl sites for hydroxylation is 1. The summed E-state index contributed by atoms with van der Waals surface area (Å²) in [6, 6.07) is 15.2. The molecule has 5 rings (SSSR count). The maximum Gasteiger partial charge on any atom is 0.189 e. The molecule has 0 spiro atoms. The Kier molecular flexibility index (Phi) is 6.66. The number of imidazole rings is 1. The van der Waals surface area contributed by atoms with E-state index in [0.29, 0.717) is 49.4 Å². The summed E-state index contributed by atoms with van der Waals surface area (Å²) in [5.41, 5.74) is 2.20. The van der Waals surface area contributed by atoms with Crippen LogP contribution in [0.2, 0.25) is 5.02 Å². The molecule has 0 radical (unpaired) electrons. The largest absolute Gasteiger partial charge is 0.452 e. The molecule has 0 aliphatic carbocycles. The Labute approximate surface area is 218 Å². The Morgan fingerprint density at radius 2 is 1.86 bits per heavy atom. The first kappa shape index (κ1) is 24.2. The second-order valence-corrected chi connectivity index (χ2v) is 9.63. The van der Waals surface area contributed by atoms with Gasteiger partial charge in [0, 0.05) is 31.7 Å². The molecule has 3 heterocycles. The number of thiazole rings is 1. The van der Waals surface area contributed by atoms with Crippen molar-refractivity contribution in [3.05, 3.63) is 93.9 Å². The number of aliphatic hydroxyl groups is 1. The third kappa shape index (κ3) is 4.11. The van der Waals surface area contributed by atoms with Crippen molar-refractivity contribution in [1.82, 2.24) is 19.5 Å². The number of fused-ring (bicyclic) bond motifs is 1. The molecule has 36 heavy (non-hydrogen) atoms. The van der Waals surface area contributed by atoms with Crippen LogP contribution in [0.25, 0.3) is 10.9 Å². The zero-order chi connectivity index (χ0) is 25.3. The van der Waals surface area contributed by atoms with Gasteiger partial charge in [-0.25, -0.2) is 9.97 Å².